The lowest BCUT2D eigenvalue weighted by Crippen LogP contribution is -2.21. The van der Waals surface area contributed by atoms with Crippen molar-refractivity contribution in [2.24, 2.45) is 5.92 Å². The van der Waals surface area contributed by atoms with E-state index in [4.69, 9.17) is 0 Å². The molecule has 0 radical (unpaired) electrons. The molecular weight excluding hydrogens is 250 g/mol. The van der Waals surface area contributed by atoms with E-state index in [1.807, 2.05) is 0 Å². The Balaban J connectivity index is 1.97. The van der Waals surface area contributed by atoms with Gasteiger partial charge in [0.05, 0.1) is 0 Å². The van der Waals surface area contributed by atoms with E-state index in [-0.39, 0.29) is 0 Å². The summed E-state index contributed by atoms with van der Waals surface area (Å²) in [6, 6.07) is 7.06. The van der Waals surface area contributed by atoms with Gasteiger partial charge in [0, 0.05) is 10.5 Å². The number of hydrogen-bond acceptors (Lipinski definition) is 1. The van der Waals surface area contributed by atoms with Crippen molar-refractivity contribution < 1.29 is 0 Å². The summed E-state index contributed by atoms with van der Waals surface area (Å²) in [5, 5.41) is 3.59. The molecule has 1 atom stereocenters. The van der Waals surface area contributed by atoms with Crippen molar-refractivity contribution in [1.29, 1.82) is 0 Å². The van der Waals surface area contributed by atoms with Crippen molar-refractivity contribution in [3.05, 3.63) is 33.8 Å². The highest BCUT2D eigenvalue weighted by Gasteiger charge is 2.21. The van der Waals surface area contributed by atoms with Crippen molar-refractivity contribution in [2.75, 3.05) is 6.54 Å². The van der Waals surface area contributed by atoms with Gasteiger partial charge < -0.3 is 5.32 Å². The molecule has 1 aromatic carbocycles. The van der Waals surface area contributed by atoms with Gasteiger partial charge in [-0.2, -0.15) is 0 Å². The first kappa shape index (κ1) is 11.2. The van der Waals surface area contributed by atoms with Crippen LogP contribution >= 0.6 is 15.9 Å². The number of nitrogens with one attached hydrogen (secondary N) is 1. The standard InChI is InChI=1S/C13H18BrN/c1-9-7-12(5-6-13(9)14)10(2)15-8-11-3-4-11/h5-7,10-11,15H,3-4,8H2,1-2H3. The number of halogens is 1. The summed E-state index contributed by atoms with van der Waals surface area (Å²) in [4.78, 5) is 0. The Morgan fingerprint density at radius 3 is 2.80 bits per heavy atom. The number of hydrogen-bond donors (Lipinski definition) is 1. The number of aryl methyl sites for hydroxylation is 1. The maximum absolute atomic E-state index is 3.59. The molecule has 0 heterocycles. The van der Waals surface area contributed by atoms with Gasteiger partial charge in [0.2, 0.25) is 0 Å². The molecule has 2 rings (SSSR count). The molecule has 82 valence electrons. The first-order valence-corrected chi connectivity index (χ1v) is 6.45. The van der Waals surface area contributed by atoms with Gasteiger partial charge in [-0.15, -0.1) is 0 Å². The highest BCUT2D eigenvalue weighted by atomic mass is 79.9. The second-order valence-corrected chi connectivity index (χ2v) is 5.44. The Kier molecular flexibility index (Phi) is 3.47. The zero-order chi connectivity index (χ0) is 10.8. The SMILES string of the molecule is Cc1cc(C(C)NCC2CC2)ccc1Br. The minimum Gasteiger partial charge on any atom is -0.310 e. The van der Waals surface area contributed by atoms with Crippen LogP contribution in [0.25, 0.3) is 0 Å². The molecule has 1 fully saturated rings. The summed E-state index contributed by atoms with van der Waals surface area (Å²) in [7, 11) is 0. The Labute approximate surface area is 100 Å². The topological polar surface area (TPSA) is 12.0 Å². The molecule has 1 aromatic rings. The third-order valence-corrected chi connectivity index (χ3v) is 3.98. The smallest absolute Gasteiger partial charge is 0.0292 e. The van der Waals surface area contributed by atoms with E-state index >= 15 is 0 Å². The summed E-state index contributed by atoms with van der Waals surface area (Å²) in [6.07, 6.45) is 2.83. The highest BCUT2D eigenvalue weighted by molar-refractivity contribution is 9.10. The van der Waals surface area contributed by atoms with Crippen molar-refractivity contribution in [2.45, 2.75) is 32.7 Å². The molecule has 0 aliphatic heterocycles. The molecule has 2 heteroatoms. The van der Waals surface area contributed by atoms with Gasteiger partial charge in [-0.05, 0) is 56.3 Å². The number of benzene rings is 1. The van der Waals surface area contributed by atoms with E-state index in [2.05, 4.69) is 53.3 Å². The highest BCUT2D eigenvalue weighted by Crippen LogP contribution is 2.29. The van der Waals surface area contributed by atoms with E-state index in [0.717, 1.165) is 5.92 Å². The molecule has 1 unspecified atom stereocenters. The quantitative estimate of drug-likeness (QED) is 0.875. The fourth-order valence-corrected chi connectivity index (χ4v) is 1.97. The Hall–Kier alpha value is -0.340. The van der Waals surface area contributed by atoms with Crippen LogP contribution in [0, 0.1) is 12.8 Å². The van der Waals surface area contributed by atoms with E-state index in [0.29, 0.717) is 6.04 Å². The van der Waals surface area contributed by atoms with Crippen LogP contribution in [0.5, 0.6) is 0 Å². The summed E-state index contributed by atoms with van der Waals surface area (Å²) < 4.78 is 1.20. The second kappa shape index (κ2) is 4.67. The number of rotatable bonds is 4. The van der Waals surface area contributed by atoms with Crippen LogP contribution in [0.15, 0.2) is 22.7 Å². The van der Waals surface area contributed by atoms with Gasteiger partial charge in [0.25, 0.3) is 0 Å². The Bertz CT molecular complexity index is 344. The van der Waals surface area contributed by atoms with Crippen LogP contribution in [0.4, 0.5) is 0 Å². The van der Waals surface area contributed by atoms with Gasteiger partial charge in [0.15, 0.2) is 0 Å². The monoisotopic (exact) mass is 267 g/mol. The normalized spacial score (nSPS) is 17.8. The lowest BCUT2D eigenvalue weighted by atomic mass is 10.1. The van der Waals surface area contributed by atoms with Gasteiger partial charge in [-0.25, -0.2) is 0 Å². The van der Waals surface area contributed by atoms with Crippen LogP contribution in [-0.2, 0) is 0 Å². The predicted octanol–water partition coefficient (Wildman–Crippen LogP) is 3.82. The summed E-state index contributed by atoms with van der Waals surface area (Å²) in [5.74, 6) is 0.948. The van der Waals surface area contributed by atoms with Crippen molar-refractivity contribution >= 4 is 15.9 Å². The van der Waals surface area contributed by atoms with Crippen LogP contribution < -0.4 is 5.32 Å². The molecule has 0 bridgehead atoms. The third-order valence-electron chi connectivity index (χ3n) is 3.09. The summed E-state index contributed by atoms with van der Waals surface area (Å²) in [6.45, 7) is 5.56. The molecular formula is C13H18BrN. The van der Waals surface area contributed by atoms with E-state index < -0.39 is 0 Å². The van der Waals surface area contributed by atoms with Crippen LogP contribution in [0.2, 0.25) is 0 Å². The van der Waals surface area contributed by atoms with Gasteiger partial charge in [-0.1, -0.05) is 28.1 Å². The third kappa shape index (κ3) is 3.05. The van der Waals surface area contributed by atoms with Gasteiger partial charge in [0.1, 0.15) is 0 Å². The molecule has 0 saturated heterocycles. The molecule has 1 N–H and O–H groups in total. The van der Waals surface area contributed by atoms with E-state index in [1.54, 1.807) is 0 Å². The van der Waals surface area contributed by atoms with Gasteiger partial charge >= 0.3 is 0 Å². The molecule has 1 saturated carbocycles. The minimum absolute atomic E-state index is 0.470. The zero-order valence-electron chi connectivity index (χ0n) is 9.39. The van der Waals surface area contributed by atoms with Crippen molar-refractivity contribution in [1.82, 2.24) is 5.32 Å². The Morgan fingerprint density at radius 1 is 1.47 bits per heavy atom. The van der Waals surface area contributed by atoms with Crippen LogP contribution in [0.3, 0.4) is 0 Å². The van der Waals surface area contributed by atoms with Crippen molar-refractivity contribution in [3.63, 3.8) is 0 Å². The van der Waals surface area contributed by atoms with E-state index in [1.165, 1.54) is 35.0 Å². The first-order chi connectivity index (χ1) is 7.16. The Morgan fingerprint density at radius 2 is 2.20 bits per heavy atom. The molecule has 0 spiro atoms. The molecule has 0 amide bonds. The summed E-state index contributed by atoms with van der Waals surface area (Å²) >= 11 is 3.53. The molecule has 1 nitrogen and oxygen atoms in total. The van der Waals surface area contributed by atoms with E-state index in [9.17, 15) is 0 Å². The molecule has 0 aromatic heterocycles. The lowest BCUT2D eigenvalue weighted by Gasteiger charge is -2.15. The van der Waals surface area contributed by atoms with Crippen LogP contribution in [-0.4, -0.2) is 6.54 Å². The predicted molar refractivity (Wildman–Crippen MR) is 68.0 cm³/mol. The fourth-order valence-electron chi connectivity index (χ4n) is 1.72. The van der Waals surface area contributed by atoms with Crippen molar-refractivity contribution in [3.8, 4) is 0 Å². The molecule has 1 aliphatic rings. The first-order valence-electron chi connectivity index (χ1n) is 5.66. The van der Waals surface area contributed by atoms with Crippen LogP contribution in [0.1, 0.15) is 36.9 Å². The lowest BCUT2D eigenvalue weighted by molar-refractivity contribution is 0.548. The largest absolute Gasteiger partial charge is 0.310 e. The average molecular weight is 268 g/mol. The second-order valence-electron chi connectivity index (χ2n) is 4.58. The molecule has 1 aliphatic carbocycles. The minimum atomic E-state index is 0.470. The maximum atomic E-state index is 3.59. The average Bonchev–Trinajstić information content (AvgIpc) is 3.02. The fraction of sp³-hybridized carbons (Fsp3) is 0.538. The summed E-state index contributed by atoms with van der Waals surface area (Å²) in [5.41, 5.74) is 2.70. The van der Waals surface area contributed by atoms with Gasteiger partial charge in [-0.3, -0.25) is 0 Å². The molecule has 15 heavy (non-hydrogen) atoms. The zero-order valence-corrected chi connectivity index (χ0v) is 11.0. The maximum Gasteiger partial charge on any atom is 0.0292 e.